The molecule has 0 aromatic carbocycles. The molecule has 0 radical (unpaired) electrons. The average Bonchev–Trinajstić information content (AvgIpc) is 3.44. The number of carboxylic acid groups (broad SMARTS) is 1. The Morgan fingerprint density at radius 3 is 2.74 bits per heavy atom. The molecule has 0 bridgehead atoms. The van der Waals surface area contributed by atoms with Crippen molar-refractivity contribution in [2.75, 3.05) is 32.8 Å². The van der Waals surface area contributed by atoms with Crippen LogP contribution in [0.3, 0.4) is 0 Å². The van der Waals surface area contributed by atoms with E-state index in [1.165, 1.54) is 11.3 Å². The zero-order valence-electron chi connectivity index (χ0n) is 16.6. The van der Waals surface area contributed by atoms with Gasteiger partial charge in [0.25, 0.3) is 5.91 Å². The van der Waals surface area contributed by atoms with E-state index in [0.717, 1.165) is 37.8 Å². The number of fused-ring (bicyclic) bond motifs is 1. The summed E-state index contributed by atoms with van der Waals surface area (Å²) >= 11 is 1.43. The Kier molecular flexibility index (Phi) is 7.02. The van der Waals surface area contributed by atoms with Gasteiger partial charge in [-0.05, 0) is 19.1 Å². The molecule has 2 aliphatic rings. The highest BCUT2D eigenvalue weighted by Gasteiger charge is 2.50. The largest absolute Gasteiger partial charge is 0.490 e. The Labute approximate surface area is 180 Å². The number of hydrogen-bond donors (Lipinski definition) is 2. The maximum atomic E-state index is 12.2. The number of nitrogens with zero attached hydrogens (tertiary/aromatic N) is 2. The number of ether oxygens (including phenoxy) is 1. The van der Waals surface area contributed by atoms with Crippen LogP contribution in [0.5, 0.6) is 0 Å². The fourth-order valence-electron chi connectivity index (χ4n) is 3.78. The van der Waals surface area contributed by atoms with E-state index in [1.807, 2.05) is 19.1 Å². The van der Waals surface area contributed by atoms with Crippen molar-refractivity contribution in [1.82, 2.24) is 15.2 Å². The summed E-state index contributed by atoms with van der Waals surface area (Å²) in [5, 5.41) is 12.0. The number of likely N-dealkylation sites (tertiary alicyclic amines) is 1. The minimum absolute atomic E-state index is 0.00663. The monoisotopic (exact) mass is 461 g/mol. The summed E-state index contributed by atoms with van der Waals surface area (Å²) in [6, 6.07) is 4.04. The molecule has 1 amide bonds. The maximum Gasteiger partial charge on any atom is 0.490 e. The summed E-state index contributed by atoms with van der Waals surface area (Å²) in [5.41, 5.74) is 2.16. The highest BCUT2D eigenvalue weighted by Crippen LogP contribution is 2.41. The number of carbonyl (C=O) groups is 2. The smallest absolute Gasteiger partial charge is 0.475 e. The first kappa shape index (κ1) is 23.2. The number of aryl methyl sites for hydroxylation is 1. The zero-order chi connectivity index (χ0) is 22.6. The summed E-state index contributed by atoms with van der Waals surface area (Å²) in [4.78, 5) is 27.6. The lowest BCUT2D eigenvalue weighted by atomic mass is 9.81. The first-order valence-corrected chi connectivity index (χ1v) is 10.4. The number of amides is 1. The molecule has 0 aliphatic carbocycles. The van der Waals surface area contributed by atoms with E-state index in [2.05, 4.69) is 15.2 Å². The predicted octanol–water partition coefficient (Wildman–Crippen LogP) is 2.56. The molecule has 4 rings (SSSR count). The second-order valence-electron chi connectivity index (χ2n) is 7.62. The normalized spacial score (nSPS) is 23.2. The summed E-state index contributed by atoms with van der Waals surface area (Å²) in [6.45, 7) is 6.75. The number of carboxylic acids is 1. The molecule has 0 unspecified atom stereocenters. The van der Waals surface area contributed by atoms with Gasteiger partial charge in [-0.25, -0.2) is 9.78 Å². The van der Waals surface area contributed by atoms with Crippen LogP contribution in [-0.4, -0.2) is 65.9 Å². The minimum atomic E-state index is -5.08. The van der Waals surface area contributed by atoms with Crippen LogP contribution in [0.25, 0.3) is 0 Å². The van der Waals surface area contributed by atoms with E-state index < -0.39 is 12.1 Å². The number of aromatic nitrogens is 1. The van der Waals surface area contributed by atoms with E-state index in [9.17, 15) is 18.0 Å². The van der Waals surface area contributed by atoms with Crippen LogP contribution >= 0.6 is 11.3 Å². The summed E-state index contributed by atoms with van der Waals surface area (Å²) in [5.74, 6) is -0.471. The SMILES string of the molecule is Cc1ccc(CN2C[C@@H]3COC[C@]3(CNC(=O)c3cscn3)C2)o1.O=C(O)C(F)(F)F. The topological polar surface area (TPSA) is 105 Å². The molecule has 2 N–H and O–H groups in total. The van der Waals surface area contributed by atoms with Crippen molar-refractivity contribution in [3.05, 3.63) is 40.2 Å². The van der Waals surface area contributed by atoms with Crippen molar-refractivity contribution in [3.8, 4) is 0 Å². The predicted molar refractivity (Wildman–Crippen MR) is 104 cm³/mol. The number of furan rings is 1. The number of carbonyl (C=O) groups excluding carboxylic acids is 1. The van der Waals surface area contributed by atoms with E-state index in [0.29, 0.717) is 24.8 Å². The highest BCUT2D eigenvalue weighted by atomic mass is 32.1. The zero-order valence-corrected chi connectivity index (χ0v) is 17.5. The van der Waals surface area contributed by atoms with Gasteiger partial charge in [-0.3, -0.25) is 9.69 Å². The molecule has 2 saturated heterocycles. The molecule has 8 nitrogen and oxygen atoms in total. The minimum Gasteiger partial charge on any atom is -0.475 e. The van der Waals surface area contributed by atoms with Gasteiger partial charge in [0, 0.05) is 36.3 Å². The summed E-state index contributed by atoms with van der Waals surface area (Å²) in [7, 11) is 0. The van der Waals surface area contributed by atoms with Crippen molar-refractivity contribution >= 4 is 23.2 Å². The van der Waals surface area contributed by atoms with Crippen molar-refractivity contribution in [2.24, 2.45) is 11.3 Å². The molecule has 2 fully saturated rings. The lowest BCUT2D eigenvalue weighted by molar-refractivity contribution is -0.192. The first-order chi connectivity index (χ1) is 14.6. The van der Waals surface area contributed by atoms with Crippen LogP contribution in [0.15, 0.2) is 27.4 Å². The Bertz CT molecular complexity index is 902. The van der Waals surface area contributed by atoms with Crippen LogP contribution in [-0.2, 0) is 16.1 Å². The summed E-state index contributed by atoms with van der Waals surface area (Å²) in [6.07, 6.45) is -5.08. The number of aliphatic carboxylic acids is 1. The van der Waals surface area contributed by atoms with Crippen molar-refractivity contribution in [2.45, 2.75) is 19.6 Å². The van der Waals surface area contributed by atoms with E-state index in [-0.39, 0.29) is 11.3 Å². The van der Waals surface area contributed by atoms with Gasteiger partial charge in [-0.1, -0.05) is 0 Å². The van der Waals surface area contributed by atoms with E-state index in [4.69, 9.17) is 19.1 Å². The molecule has 12 heteroatoms. The Balaban J connectivity index is 0.000000339. The third-order valence-electron chi connectivity index (χ3n) is 5.28. The fraction of sp³-hybridized carbons (Fsp3) is 0.526. The van der Waals surface area contributed by atoms with Crippen molar-refractivity contribution < 1.29 is 37.0 Å². The van der Waals surface area contributed by atoms with Gasteiger partial charge in [0.1, 0.15) is 17.2 Å². The maximum absolute atomic E-state index is 12.2. The van der Waals surface area contributed by atoms with Gasteiger partial charge in [0.2, 0.25) is 0 Å². The molecular weight excluding hydrogens is 439 g/mol. The number of hydrogen-bond acceptors (Lipinski definition) is 7. The molecule has 2 atom stereocenters. The molecule has 0 spiro atoms. The second kappa shape index (κ2) is 9.37. The number of nitrogens with one attached hydrogen (secondary N) is 1. The quantitative estimate of drug-likeness (QED) is 0.705. The van der Waals surface area contributed by atoms with Gasteiger partial charge in [0.15, 0.2) is 0 Å². The summed E-state index contributed by atoms with van der Waals surface area (Å²) < 4.78 is 43.2. The van der Waals surface area contributed by atoms with Crippen molar-refractivity contribution in [3.63, 3.8) is 0 Å². The number of alkyl halides is 3. The van der Waals surface area contributed by atoms with Gasteiger partial charge < -0.3 is 19.6 Å². The average molecular weight is 461 g/mol. The first-order valence-electron chi connectivity index (χ1n) is 9.41. The van der Waals surface area contributed by atoms with Gasteiger partial charge in [-0.15, -0.1) is 11.3 Å². The highest BCUT2D eigenvalue weighted by molar-refractivity contribution is 7.07. The van der Waals surface area contributed by atoms with Crippen molar-refractivity contribution in [1.29, 1.82) is 0 Å². The molecule has 2 aliphatic heterocycles. The lowest BCUT2D eigenvalue weighted by Crippen LogP contribution is -2.43. The molecule has 4 heterocycles. The number of rotatable bonds is 5. The molecule has 2 aromatic heterocycles. The van der Waals surface area contributed by atoms with E-state index >= 15 is 0 Å². The Hall–Kier alpha value is -2.44. The molecule has 31 heavy (non-hydrogen) atoms. The fourth-order valence-corrected chi connectivity index (χ4v) is 4.31. The molecule has 0 saturated carbocycles. The van der Waals surface area contributed by atoms with Gasteiger partial charge in [0.05, 0.1) is 25.3 Å². The third kappa shape index (κ3) is 5.83. The van der Waals surface area contributed by atoms with Crippen LogP contribution in [0, 0.1) is 18.3 Å². The Morgan fingerprint density at radius 2 is 2.16 bits per heavy atom. The van der Waals surface area contributed by atoms with Gasteiger partial charge in [-0.2, -0.15) is 13.2 Å². The molecule has 170 valence electrons. The van der Waals surface area contributed by atoms with Crippen LogP contribution in [0.2, 0.25) is 0 Å². The Morgan fingerprint density at radius 1 is 1.42 bits per heavy atom. The molecule has 2 aromatic rings. The standard InChI is InChI=1S/C17H21N3O3S.C2HF3O2/c1-12-2-3-14(23-12)5-20-4-13-6-22-10-17(13,9-20)8-18-16(21)15-7-24-11-19-15;3-2(4,5)1(6)7/h2-3,7,11,13H,4-6,8-10H2,1H3,(H,18,21);(H,6,7)/t13-,17+;/m1./s1. The third-order valence-corrected chi connectivity index (χ3v) is 5.86. The van der Waals surface area contributed by atoms with E-state index in [1.54, 1.807) is 10.9 Å². The number of thiazole rings is 1. The molecular formula is C19H22F3N3O5S. The lowest BCUT2D eigenvalue weighted by Gasteiger charge is -2.27. The van der Waals surface area contributed by atoms with Crippen LogP contribution in [0.1, 0.15) is 22.0 Å². The van der Waals surface area contributed by atoms with Crippen LogP contribution in [0.4, 0.5) is 13.2 Å². The van der Waals surface area contributed by atoms with Crippen LogP contribution < -0.4 is 5.32 Å². The number of halogens is 3. The second-order valence-corrected chi connectivity index (χ2v) is 8.33. The van der Waals surface area contributed by atoms with Gasteiger partial charge >= 0.3 is 12.1 Å².